The lowest BCUT2D eigenvalue weighted by Crippen LogP contribution is -2.26. The Morgan fingerprint density at radius 1 is 1.31 bits per heavy atom. The molecule has 152 valence electrons. The molecule has 0 unspecified atom stereocenters. The molecule has 3 heterocycles. The molecule has 2 fully saturated rings. The zero-order valence-corrected chi connectivity index (χ0v) is 16.9. The summed E-state index contributed by atoms with van der Waals surface area (Å²) in [7, 11) is 0. The molecule has 4 rings (SSSR count). The minimum absolute atomic E-state index is 0.0144. The summed E-state index contributed by atoms with van der Waals surface area (Å²) in [5.41, 5.74) is 1.52. The second-order valence-electron chi connectivity index (χ2n) is 7.88. The number of pyridine rings is 1. The smallest absolute Gasteiger partial charge is 0.285 e. The molecule has 7 nitrogen and oxygen atoms in total. The SMILES string of the molecule is N#CCC1CCC(c2ccnc(O[C@@H]3CCN(c4cn[nH]c(=O)c4Cl)C3)c2)CC1. The van der Waals surface area contributed by atoms with Gasteiger partial charge in [0.05, 0.1) is 24.5 Å². The molecule has 1 N–H and O–H groups in total. The lowest BCUT2D eigenvalue weighted by atomic mass is 9.78. The lowest BCUT2D eigenvalue weighted by molar-refractivity contribution is 0.215. The van der Waals surface area contributed by atoms with Gasteiger partial charge in [-0.3, -0.25) is 4.79 Å². The van der Waals surface area contributed by atoms with Crippen LogP contribution in [-0.2, 0) is 0 Å². The Kier molecular flexibility index (Phi) is 6.00. The van der Waals surface area contributed by atoms with E-state index < -0.39 is 0 Å². The standard InChI is InChI=1S/C21H24ClN5O2/c22-20-18(12-25-26-21(20)28)27-10-7-17(13-27)29-19-11-16(6-9-24-19)15-3-1-14(2-4-15)5-8-23/h6,9,11-12,14-15,17H,1-5,7,10,13H2,(H,26,28)/t14?,15?,17-/m1/s1. The number of H-pyrrole nitrogens is 1. The molecule has 1 atom stereocenters. The van der Waals surface area contributed by atoms with Crippen LogP contribution in [-0.4, -0.2) is 34.4 Å². The van der Waals surface area contributed by atoms with Crippen molar-refractivity contribution in [1.29, 1.82) is 5.26 Å². The van der Waals surface area contributed by atoms with E-state index in [-0.39, 0.29) is 16.7 Å². The van der Waals surface area contributed by atoms with Crippen molar-refractivity contribution in [3.63, 3.8) is 0 Å². The molecular weight excluding hydrogens is 390 g/mol. The Labute approximate surface area is 174 Å². The largest absolute Gasteiger partial charge is 0.472 e. The third kappa shape index (κ3) is 4.54. The maximum Gasteiger partial charge on any atom is 0.285 e. The number of ether oxygens (including phenoxy) is 1. The molecule has 1 aliphatic heterocycles. The molecule has 1 aliphatic carbocycles. The first-order chi connectivity index (χ1) is 14.1. The molecule has 1 saturated heterocycles. The van der Waals surface area contributed by atoms with E-state index in [1.54, 1.807) is 6.20 Å². The third-order valence-corrected chi connectivity index (χ3v) is 6.37. The quantitative estimate of drug-likeness (QED) is 0.803. The maximum atomic E-state index is 11.7. The van der Waals surface area contributed by atoms with Gasteiger partial charge in [-0.2, -0.15) is 10.4 Å². The predicted molar refractivity (Wildman–Crippen MR) is 110 cm³/mol. The summed E-state index contributed by atoms with van der Waals surface area (Å²) in [4.78, 5) is 18.1. The average molecular weight is 414 g/mol. The number of nitrogens with one attached hydrogen (secondary N) is 1. The minimum Gasteiger partial charge on any atom is -0.472 e. The topological polar surface area (TPSA) is 94.9 Å². The highest BCUT2D eigenvalue weighted by Crippen LogP contribution is 2.37. The third-order valence-electron chi connectivity index (χ3n) is 6.01. The van der Waals surface area contributed by atoms with Crippen molar-refractivity contribution in [2.75, 3.05) is 18.0 Å². The van der Waals surface area contributed by atoms with Crippen LogP contribution in [0.25, 0.3) is 0 Å². The highest BCUT2D eigenvalue weighted by Gasteiger charge is 2.27. The van der Waals surface area contributed by atoms with Crippen molar-refractivity contribution < 1.29 is 4.74 Å². The van der Waals surface area contributed by atoms with Gasteiger partial charge in [-0.1, -0.05) is 11.6 Å². The Balaban J connectivity index is 1.37. The van der Waals surface area contributed by atoms with Gasteiger partial charge in [-0.05, 0) is 49.1 Å². The first-order valence-corrected chi connectivity index (χ1v) is 10.5. The van der Waals surface area contributed by atoms with Crippen LogP contribution in [0.4, 0.5) is 5.69 Å². The first-order valence-electron chi connectivity index (χ1n) is 10.1. The van der Waals surface area contributed by atoms with E-state index in [0.29, 0.717) is 36.4 Å². The van der Waals surface area contributed by atoms with E-state index >= 15 is 0 Å². The molecule has 2 aliphatic rings. The Hall–Kier alpha value is -2.59. The van der Waals surface area contributed by atoms with Crippen molar-refractivity contribution in [3.05, 3.63) is 45.5 Å². The zero-order valence-electron chi connectivity index (χ0n) is 16.2. The van der Waals surface area contributed by atoms with E-state index in [0.717, 1.165) is 38.6 Å². The van der Waals surface area contributed by atoms with Crippen molar-refractivity contribution >= 4 is 17.3 Å². The van der Waals surface area contributed by atoms with Gasteiger partial charge in [0.15, 0.2) is 0 Å². The van der Waals surface area contributed by atoms with Crippen LogP contribution in [0, 0.1) is 17.2 Å². The monoisotopic (exact) mass is 413 g/mol. The van der Waals surface area contributed by atoms with E-state index in [1.165, 1.54) is 5.56 Å². The summed E-state index contributed by atoms with van der Waals surface area (Å²) >= 11 is 6.12. The number of nitrogens with zero attached hydrogens (tertiary/aromatic N) is 4. The van der Waals surface area contributed by atoms with Crippen molar-refractivity contribution in [2.45, 2.75) is 50.5 Å². The molecule has 29 heavy (non-hydrogen) atoms. The molecule has 0 amide bonds. The molecule has 0 aromatic carbocycles. The second kappa shape index (κ2) is 8.83. The summed E-state index contributed by atoms with van der Waals surface area (Å²) < 4.78 is 6.14. The summed E-state index contributed by atoms with van der Waals surface area (Å²) in [6.45, 7) is 1.38. The van der Waals surface area contributed by atoms with Gasteiger partial charge in [-0.25, -0.2) is 10.1 Å². The van der Waals surface area contributed by atoms with Crippen LogP contribution in [0.15, 0.2) is 29.3 Å². The number of hydrogen-bond acceptors (Lipinski definition) is 6. The van der Waals surface area contributed by atoms with E-state index in [9.17, 15) is 4.79 Å². The molecular formula is C21H24ClN5O2. The summed E-state index contributed by atoms with van der Waals surface area (Å²) in [6, 6.07) is 6.43. The Bertz CT molecular complexity index is 949. The average Bonchev–Trinajstić information content (AvgIpc) is 3.19. The second-order valence-corrected chi connectivity index (χ2v) is 8.26. The fourth-order valence-electron chi connectivity index (χ4n) is 4.38. The van der Waals surface area contributed by atoms with Gasteiger partial charge in [0.2, 0.25) is 5.88 Å². The summed E-state index contributed by atoms with van der Waals surface area (Å²) in [5, 5.41) is 15.2. The van der Waals surface area contributed by atoms with Gasteiger partial charge >= 0.3 is 0 Å². The van der Waals surface area contributed by atoms with Crippen LogP contribution >= 0.6 is 11.6 Å². The fraction of sp³-hybridized carbons (Fsp3) is 0.524. The zero-order chi connectivity index (χ0) is 20.2. The van der Waals surface area contributed by atoms with E-state index in [4.69, 9.17) is 21.6 Å². The fourth-order valence-corrected chi connectivity index (χ4v) is 4.59. The van der Waals surface area contributed by atoms with Crippen molar-refractivity contribution in [2.24, 2.45) is 5.92 Å². The Morgan fingerprint density at radius 2 is 2.14 bits per heavy atom. The number of nitriles is 1. The normalized spacial score (nSPS) is 24.3. The lowest BCUT2D eigenvalue weighted by Gasteiger charge is -2.27. The number of anilines is 1. The number of hydrogen-bond donors (Lipinski definition) is 1. The van der Waals surface area contributed by atoms with Crippen LogP contribution in [0.2, 0.25) is 5.02 Å². The van der Waals surface area contributed by atoms with Crippen LogP contribution in [0.3, 0.4) is 0 Å². The van der Waals surface area contributed by atoms with Crippen molar-refractivity contribution in [1.82, 2.24) is 15.2 Å². The molecule has 1 saturated carbocycles. The maximum absolute atomic E-state index is 11.7. The molecule has 2 aromatic heterocycles. The van der Waals surface area contributed by atoms with Gasteiger partial charge in [0, 0.05) is 31.6 Å². The van der Waals surface area contributed by atoms with Gasteiger partial charge in [0.25, 0.3) is 5.56 Å². The molecule has 8 heteroatoms. The number of aromatic nitrogens is 3. The molecule has 0 spiro atoms. The van der Waals surface area contributed by atoms with Crippen LogP contribution in [0.1, 0.15) is 50.0 Å². The van der Waals surface area contributed by atoms with E-state index in [1.807, 2.05) is 11.1 Å². The Morgan fingerprint density at radius 3 is 2.93 bits per heavy atom. The number of rotatable bonds is 5. The first kappa shape index (κ1) is 19.7. The number of aromatic amines is 1. The summed E-state index contributed by atoms with van der Waals surface area (Å²) in [6.07, 6.45) is 9.32. The number of halogens is 1. The van der Waals surface area contributed by atoms with Gasteiger partial charge in [0.1, 0.15) is 11.1 Å². The van der Waals surface area contributed by atoms with Crippen LogP contribution in [0.5, 0.6) is 5.88 Å². The van der Waals surface area contributed by atoms with Crippen molar-refractivity contribution in [3.8, 4) is 11.9 Å². The van der Waals surface area contributed by atoms with E-state index in [2.05, 4.69) is 33.4 Å². The highest BCUT2D eigenvalue weighted by atomic mass is 35.5. The van der Waals surface area contributed by atoms with Gasteiger partial charge < -0.3 is 9.64 Å². The molecule has 0 radical (unpaired) electrons. The summed E-state index contributed by atoms with van der Waals surface area (Å²) in [5.74, 6) is 1.70. The predicted octanol–water partition coefficient (Wildman–Crippen LogP) is 3.66. The van der Waals surface area contributed by atoms with Gasteiger partial charge in [-0.15, -0.1) is 0 Å². The molecule has 2 aromatic rings. The van der Waals surface area contributed by atoms with Crippen LogP contribution < -0.4 is 15.2 Å². The minimum atomic E-state index is -0.382. The molecule has 0 bridgehead atoms. The highest BCUT2D eigenvalue weighted by molar-refractivity contribution is 6.33.